The molecule has 0 bridgehead atoms. The predicted octanol–water partition coefficient (Wildman–Crippen LogP) is 2.26. The molecule has 0 aliphatic carbocycles. The standard InChI is InChI=1S/C12H11IN2O2/c1-8-11(13)12(16)15-10(14-8)7-17-9-5-3-2-4-6-9/h2-6H,7H2,1H3,(H,14,15,16). The van der Waals surface area contributed by atoms with Gasteiger partial charge in [0.25, 0.3) is 5.56 Å². The minimum atomic E-state index is -0.121. The van der Waals surface area contributed by atoms with Crippen molar-refractivity contribution in [1.29, 1.82) is 0 Å². The van der Waals surface area contributed by atoms with Crippen molar-refractivity contribution in [2.45, 2.75) is 13.5 Å². The number of H-pyrrole nitrogens is 1. The highest BCUT2D eigenvalue weighted by Gasteiger charge is 2.05. The van der Waals surface area contributed by atoms with Crippen molar-refractivity contribution in [3.8, 4) is 5.75 Å². The van der Waals surface area contributed by atoms with Crippen LogP contribution in [0.15, 0.2) is 35.1 Å². The second-order valence-electron chi connectivity index (χ2n) is 3.51. The maximum Gasteiger partial charge on any atom is 0.264 e. The molecule has 0 saturated carbocycles. The number of halogens is 1. The number of ether oxygens (including phenoxy) is 1. The molecule has 1 aromatic heterocycles. The molecular formula is C12H11IN2O2. The molecule has 0 saturated heterocycles. The highest BCUT2D eigenvalue weighted by molar-refractivity contribution is 14.1. The van der Waals surface area contributed by atoms with Gasteiger partial charge in [0, 0.05) is 0 Å². The van der Waals surface area contributed by atoms with Crippen LogP contribution in [0, 0.1) is 10.5 Å². The lowest BCUT2D eigenvalue weighted by Gasteiger charge is -2.06. The molecule has 4 nitrogen and oxygen atoms in total. The van der Waals surface area contributed by atoms with Gasteiger partial charge in [-0.25, -0.2) is 4.98 Å². The predicted molar refractivity (Wildman–Crippen MR) is 73.1 cm³/mol. The number of hydrogen-bond donors (Lipinski definition) is 1. The molecule has 0 atom stereocenters. The van der Waals surface area contributed by atoms with Crippen LogP contribution in [-0.2, 0) is 6.61 Å². The molecule has 1 heterocycles. The van der Waals surface area contributed by atoms with Crippen LogP contribution in [0.5, 0.6) is 5.75 Å². The summed E-state index contributed by atoms with van der Waals surface area (Å²) >= 11 is 1.98. The van der Waals surface area contributed by atoms with Gasteiger partial charge in [-0.15, -0.1) is 0 Å². The lowest BCUT2D eigenvalue weighted by atomic mass is 10.3. The number of nitrogens with zero attached hydrogens (tertiary/aromatic N) is 1. The summed E-state index contributed by atoms with van der Waals surface area (Å²) in [6.45, 7) is 2.07. The van der Waals surface area contributed by atoms with E-state index in [0.717, 1.165) is 11.4 Å². The highest BCUT2D eigenvalue weighted by atomic mass is 127. The number of benzene rings is 1. The number of hydrogen-bond acceptors (Lipinski definition) is 3. The van der Waals surface area contributed by atoms with Crippen molar-refractivity contribution < 1.29 is 4.74 Å². The molecule has 0 fully saturated rings. The molecule has 1 N–H and O–H groups in total. The average Bonchev–Trinajstić information content (AvgIpc) is 2.34. The Labute approximate surface area is 112 Å². The second kappa shape index (κ2) is 5.31. The number of nitrogens with one attached hydrogen (secondary N) is 1. The Bertz CT molecular complexity index is 566. The van der Waals surface area contributed by atoms with E-state index in [9.17, 15) is 4.79 Å². The first kappa shape index (κ1) is 12.1. The van der Waals surface area contributed by atoms with Crippen LogP contribution >= 0.6 is 22.6 Å². The third kappa shape index (κ3) is 3.06. The van der Waals surface area contributed by atoms with Crippen LogP contribution < -0.4 is 10.3 Å². The maximum absolute atomic E-state index is 11.5. The van der Waals surface area contributed by atoms with E-state index in [1.807, 2.05) is 59.8 Å². The largest absolute Gasteiger partial charge is 0.486 e. The molecule has 0 aliphatic rings. The van der Waals surface area contributed by atoms with Crippen LogP contribution in [0.4, 0.5) is 0 Å². The average molecular weight is 342 g/mol. The van der Waals surface area contributed by atoms with Crippen molar-refractivity contribution in [1.82, 2.24) is 9.97 Å². The fourth-order valence-electron chi connectivity index (χ4n) is 1.37. The summed E-state index contributed by atoms with van der Waals surface area (Å²) in [7, 11) is 0. The second-order valence-corrected chi connectivity index (χ2v) is 4.59. The molecule has 0 amide bonds. The van der Waals surface area contributed by atoms with E-state index >= 15 is 0 Å². The van der Waals surface area contributed by atoms with E-state index < -0.39 is 0 Å². The Balaban J connectivity index is 2.13. The van der Waals surface area contributed by atoms with Gasteiger partial charge in [-0.05, 0) is 41.6 Å². The molecule has 5 heteroatoms. The van der Waals surface area contributed by atoms with E-state index in [-0.39, 0.29) is 12.2 Å². The fourth-order valence-corrected chi connectivity index (χ4v) is 1.62. The van der Waals surface area contributed by atoms with Crippen LogP contribution in [0.25, 0.3) is 0 Å². The molecule has 2 aromatic rings. The van der Waals surface area contributed by atoms with E-state index in [0.29, 0.717) is 9.39 Å². The summed E-state index contributed by atoms with van der Waals surface area (Å²) in [5, 5.41) is 0. The molecule has 1 aromatic carbocycles. The lowest BCUT2D eigenvalue weighted by molar-refractivity contribution is 0.295. The zero-order valence-corrected chi connectivity index (χ0v) is 11.4. The van der Waals surface area contributed by atoms with Crippen LogP contribution in [0.1, 0.15) is 11.5 Å². The van der Waals surface area contributed by atoms with Gasteiger partial charge >= 0.3 is 0 Å². The molecule has 0 radical (unpaired) electrons. The van der Waals surface area contributed by atoms with Crippen LogP contribution in [0.2, 0.25) is 0 Å². The Morgan fingerprint density at radius 1 is 1.35 bits per heavy atom. The van der Waals surface area contributed by atoms with Crippen LogP contribution in [-0.4, -0.2) is 9.97 Å². The zero-order chi connectivity index (χ0) is 12.3. The van der Waals surface area contributed by atoms with Gasteiger partial charge in [-0.3, -0.25) is 4.79 Å². The number of aryl methyl sites for hydroxylation is 1. The summed E-state index contributed by atoms with van der Waals surface area (Å²) in [6, 6.07) is 9.42. The normalized spacial score (nSPS) is 10.2. The zero-order valence-electron chi connectivity index (χ0n) is 9.24. The highest BCUT2D eigenvalue weighted by Crippen LogP contribution is 2.10. The molecule has 17 heavy (non-hydrogen) atoms. The van der Waals surface area contributed by atoms with E-state index in [1.165, 1.54) is 0 Å². The maximum atomic E-state index is 11.5. The Hall–Kier alpha value is -1.37. The molecule has 0 unspecified atom stereocenters. The first-order valence-corrected chi connectivity index (χ1v) is 6.18. The van der Waals surface area contributed by atoms with Gasteiger partial charge in [-0.2, -0.15) is 0 Å². The number of aromatic nitrogens is 2. The third-order valence-corrected chi connectivity index (χ3v) is 3.47. The molecular weight excluding hydrogens is 331 g/mol. The third-order valence-electron chi connectivity index (χ3n) is 2.20. The van der Waals surface area contributed by atoms with Crippen molar-refractivity contribution in [3.05, 3.63) is 55.8 Å². The smallest absolute Gasteiger partial charge is 0.264 e. The summed E-state index contributed by atoms with van der Waals surface area (Å²) in [6.07, 6.45) is 0. The number of para-hydroxylation sites is 1. The Morgan fingerprint density at radius 2 is 2.06 bits per heavy atom. The number of aromatic amines is 1. The summed E-state index contributed by atoms with van der Waals surface area (Å²) < 4.78 is 6.12. The quantitative estimate of drug-likeness (QED) is 0.871. The lowest BCUT2D eigenvalue weighted by Crippen LogP contribution is -2.17. The minimum Gasteiger partial charge on any atom is -0.486 e. The summed E-state index contributed by atoms with van der Waals surface area (Å²) in [5.41, 5.74) is 0.603. The van der Waals surface area contributed by atoms with Gasteiger partial charge in [0.05, 0.1) is 9.26 Å². The fraction of sp³-hybridized carbons (Fsp3) is 0.167. The Morgan fingerprint density at radius 3 is 2.71 bits per heavy atom. The van der Waals surface area contributed by atoms with E-state index in [2.05, 4.69) is 9.97 Å². The van der Waals surface area contributed by atoms with Gasteiger partial charge in [0.2, 0.25) is 0 Å². The van der Waals surface area contributed by atoms with Gasteiger partial charge < -0.3 is 9.72 Å². The molecule has 0 spiro atoms. The van der Waals surface area contributed by atoms with Crippen molar-refractivity contribution in [2.75, 3.05) is 0 Å². The van der Waals surface area contributed by atoms with Crippen molar-refractivity contribution in [2.24, 2.45) is 0 Å². The summed E-state index contributed by atoms with van der Waals surface area (Å²) in [5.74, 6) is 1.29. The topological polar surface area (TPSA) is 55.0 Å². The van der Waals surface area contributed by atoms with Crippen molar-refractivity contribution in [3.63, 3.8) is 0 Å². The van der Waals surface area contributed by atoms with Gasteiger partial charge in [-0.1, -0.05) is 18.2 Å². The first-order chi connectivity index (χ1) is 8.16. The Kier molecular flexibility index (Phi) is 3.78. The number of rotatable bonds is 3. The molecule has 2 rings (SSSR count). The van der Waals surface area contributed by atoms with E-state index in [4.69, 9.17) is 4.74 Å². The van der Waals surface area contributed by atoms with Gasteiger partial charge in [0.1, 0.15) is 18.2 Å². The monoisotopic (exact) mass is 342 g/mol. The first-order valence-electron chi connectivity index (χ1n) is 5.10. The summed E-state index contributed by atoms with van der Waals surface area (Å²) in [4.78, 5) is 18.5. The van der Waals surface area contributed by atoms with Crippen molar-refractivity contribution >= 4 is 22.6 Å². The van der Waals surface area contributed by atoms with E-state index in [1.54, 1.807) is 0 Å². The minimum absolute atomic E-state index is 0.121. The van der Waals surface area contributed by atoms with Crippen LogP contribution in [0.3, 0.4) is 0 Å². The van der Waals surface area contributed by atoms with Gasteiger partial charge in [0.15, 0.2) is 0 Å². The molecule has 0 aliphatic heterocycles. The molecule has 88 valence electrons. The SMILES string of the molecule is Cc1nc(COc2ccccc2)[nH]c(=O)c1I.